The first-order chi connectivity index (χ1) is 16.7. The second-order valence-electron chi connectivity index (χ2n) is 6.07. The molecule has 1 heterocycles. The predicted molar refractivity (Wildman–Crippen MR) is 105 cm³/mol. The van der Waals surface area contributed by atoms with Crippen LogP contribution in [0.2, 0.25) is 0 Å². The van der Waals surface area contributed by atoms with Crippen molar-refractivity contribution in [1.82, 2.24) is 4.90 Å². The summed E-state index contributed by atoms with van der Waals surface area (Å²) < 4.78 is 79.9. The molecule has 2 aromatic carbocycles. The monoisotopic (exact) mass is 362 g/mol. The average Bonchev–Trinajstić information content (AvgIpc) is 2.83. The van der Waals surface area contributed by atoms with Gasteiger partial charge in [0.1, 0.15) is 0 Å². The van der Waals surface area contributed by atoms with Gasteiger partial charge in [0, 0.05) is 44.6 Å². The van der Waals surface area contributed by atoms with Gasteiger partial charge in [-0.3, -0.25) is 4.79 Å². The highest BCUT2D eigenvalue weighted by Gasteiger charge is 2.29. The number of amides is 1. The van der Waals surface area contributed by atoms with Crippen molar-refractivity contribution in [3.05, 3.63) is 66.1 Å². The van der Waals surface area contributed by atoms with Crippen molar-refractivity contribution >= 4 is 11.6 Å². The van der Waals surface area contributed by atoms with Gasteiger partial charge >= 0.3 is 0 Å². The molecule has 1 atom stereocenters. The lowest BCUT2D eigenvalue weighted by molar-refractivity contribution is -0.119. The summed E-state index contributed by atoms with van der Waals surface area (Å²) in [5, 5.41) is 10.7. The van der Waals surface area contributed by atoms with Gasteiger partial charge in [0.2, 0.25) is 5.91 Å². The van der Waals surface area contributed by atoms with Crippen LogP contribution in [0.4, 0.5) is 5.69 Å². The lowest BCUT2D eigenvalue weighted by Gasteiger charge is -2.39. The Labute approximate surface area is 170 Å². The van der Waals surface area contributed by atoms with Crippen LogP contribution in [0.1, 0.15) is 51.5 Å². The third-order valence-corrected chi connectivity index (χ3v) is 4.40. The molecular formula is C22H28N2O2. The Bertz CT molecular complexity index is 1070. The quantitative estimate of drug-likeness (QED) is 0.853. The normalized spacial score (nSPS) is 23.6. The van der Waals surface area contributed by atoms with E-state index in [-0.39, 0.29) is 31.6 Å². The van der Waals surface area contributed by atoms with Crippen LogP contribution in [-0.4, -0.2) is 41.5 Å². The third kappa shape index (κ3) is 4.51. The van der Waals surface area contributed by atoms with E-state index < -0.39 is 68.0 Å². The molecule has 1 amide bonds. The highest BCUT2D eigenvalue weighted by Crippen LogP contribution is 2.25. The molecule has 4 heteroatoms. The minimum Gasteiger partial charge on any atom is -0.387 e. The summed E-state index contributed by atoms with van der Waals surface area (Å²) in [4.78, 5) is 15.5. The Kier molecular flexibility index (Phi) is 3.34. The van der Waals surface area contributed by atoms with Gasteiger partial charge in [-0.15, -0.1) is 0 Å². The summed E-state index contributed by atoms with van der Waals surface area (Å²) in [6, 6.07) is 4.49. The molecule has 1 saturated heterocycles. The van der Waals surface area contributed by atoms with E-state index in [9.17, 15) is 9.90 Å². The fourth-order valence-electron chi connectivity index (χ4n) is 3.10. The first kappa shape index (κ1) is 9.67. The number of aliphatic hydroxyl groups is 1. The largest absolute Gasteiger partial charge is 0.387 e. The summed E-state index contributed by atoms with van der Waals surface area (Å²) >= 11 is 0. The number of para-hydroxylation sites is 1. The van der Waals surface area contributed by atoms with Gasteiger partial charge in [0.05, 0.1) is 13.0 Å². The van der Waals surface area contributed by atoms with Crippen molar-refractivity contribution in [3.8, 4) is 0 Å². The summed E-state index contributed by atoms with van der Waals surface area (Å²) in [6.07, 6.45) is -2.06. The van der Waals surface area contributed by atoms with E-state index in [0.717, 1.165) is 4.90 Å². The Morgan fingerprint density at radius 2 is 2.00 bits per heavy atom. The number of hydrogen-bond donors (Lipinski definition) is 1. The van der Waals surface area contributed by atoms with Crippen LogP contribution in [0.15, 0.2) is 60.5 Å². The van der Waals surface area contributed by atoms with Crippen molar-refractivity contribution in [2.45, 2.75) is 38.3 Å². The lowest BCUT2D eigenvalue weighted by atomic mass is 10.0. The molecule has 3 rings (SSSR count). The van der Waals surface area contributed by atoms with Crippen molar-refractivity contribution in [1.29, 1.82) is 0 Å². The van der Waals surface area contributed by atoms with Crippen LogP contribution < -0.4 is 4.90 Å². The first-order valence-corrected chi connectivity index (χ1v) is 8.54. The molecule has 0 saturated carbocycles. The Morgan fingerprint density at radius 1 is 1.31 bits per heavy atom. The van der Waals surface area contributed by atoms with E-state index in [1.54, 1.807) is 30.3 Å². The van der Waals surface area contributed by atoms with Crippen LogP contribution in [0.3, 0.4) is 0 Å². The molecule has 4 nitrogen and oxygen atoms in total. The zero-order valence-corrected chi connectivity index (χ0v) is 14.3. The minimum atomic E-state index is -2.64. The fraction of sp³-hybridized carbons (Fsp3) is 0.409. The molecule has 138 valence electrons. The molecule has 0 spiro atoms. The number of β-amino-alcohol motifs (C(OH)–C–C–N with tert-alkyl or cyclic N) is 1. The van der Waals surface area contributed by atoms with Gasteiger partial charge in [-0.25, -0.2) is 0 Å². The minimum absolute atomic E-state index is 0.0811. The number of rotatable bonds is 6. The predicted octanol–water partition coefficient (Wildman–Crippen LogP) is 3.63. The topological polar surface area (TPSA) is 43.8 Å². The van der Waals surface area contributed by atoms with Crippen molar-refractivity contribution in [3.63, 3.8) is 0 Å². The average molecular weight is 363 g/mol. The Balaban J connectivity index is 1.92. The maximum atomic E-state index is 13.1. The molecule has 0 aromatic heterocycles. The van der Waals surface area contributed by atoms with E-state index >= 15 is 0 Å². The number of anilines is 1. The van der Waals surface area contributed by atoms with Crippen LogP contribution in [-0.2, 0) is 4.79 Å². The molecule has 1 aliphatic heterocycles. The van der Waals surface area contributed by atoms with Crippen molar-refractivity contribution < 1.29 is 23.6 Å². The van der Waals surface area contributed by atoms with Crippen LogP contribution in [0.25, 0.3) is 0 Å². The molecular weight excluding hydrogens is 324 g/mol. The molecule has 0 aliphatic carbocycles. The van der Waals surface area contributed by atoms with Gasteiger partial charge in [0.25, 0.3) is 0 Å². The number of aliphatic hydroxyl groups excluding tert-OH is 1. The van der Waals surface area contributed by atoms with Crippen LogP contribution in [0, 0.1) is 0 Å². The van der Waals surface area contributed by atoms with Gasteiger partial charge < -0.3 is 14.9 Å². The summed E-state index contributed by atoms with van der Waals surface area (Å²) in [6.45, 7) is -4.62. The smallest absolute Gasteiger partial charge is 0.226 e. The van der Waals surface area contributed by atoms with E-state index in [1.165, 1.54) is 4.90 Å². The number of hydrogen-bond acceptors (Lipinski definition) is 3. The van der Waals surface area contributed by atoms with E-state index in [1.807, 2.05) is 0 Å². The Hall–Kier alpha value is -2.17. The second-order valence-corrected chi connectivity index (χ2v) is 6.07. The summed E-state index contributed by atoms with van der Waals surface area (Å²) in [5.41, 5.74) is 0.0132. The van der Waals surface area contributed by atoms with Gasteiger partial charge in [-0.2, -0.15) is 0 Å². The summed E-state index contributed by atoms with van der Waals surface area (Å²) in [7, 11) is 0. The highest BCUT2D eigenvalue weighted by molar-refractivity contribution is 5.93. The standard InChI is InChI=1S/C22H28N2O2/c1-2-22(26)24(19-11-7-4-8-12-19)20-13-15-23(16-14-20)17-21(25)18-9-5-3-6-10-18/h3-12,20-21,25H,2,13-17H2,1H3/i1D3,4D,7D,8D,11D,12D,17D2. The lowest BCUT2D eigenvalue weighted by Crippen LogP contribution is -2.48. The third-order valence-electron chi connectivity index (χ3n) is 4.40. The number of nitrogens with zero attached hydrogens (tertiary/aromatic N) is 2. The molecule has 0 bridgehead atoms. The fourth-order valence-corrected chi connectivity index (χ4v) is 3.10. The number of likely N-dealkylation sites (tertiary alicyclic amines) is 1. The molecule has 1 N–H and O–H groups in total. The van der Waals surface area contributed by atoms with E-state index in [0.29, 0.717) is 5.56 Å². The van der Waals surface area contributed by atoms with Crippen molar-refractivity contribution in [2.24, 2.45) is 0 Å². The van der Waals surface area contributed by atoms with Crippen molar-refractivity contribution in [2.75, 3.05) is 24.5 Å². The highest BCUT2D eigenvalue weighted by atomic mass is 16.3. The summed E-state index contributed by atoms with van der Waals surface area (Å²) in [5.74, 6) is -0.903. The van der Waals surface area contributed by atoms with Gasteiger partial charge in [0.15, 0.2) is 0 Å². The molecule has 0 radical (unpaired) electrons. The SMILES string of the molecule is [2H]c1c([2H])c([2H])c(N(C(=O)CC([2H])([2H])[2H])C2CCN(C([2H])([2H])C(O)c3ccccc3)CC2)c([2H])c1[2H]. The first-order valence-electron chi connectivity index (χ1n) is 13.5. The van der Waals surface area contributed by atoms with E-state index in [2.05, 4.69) is 0 Å². The molecule has 1 unspecified atom stereocenters. The second kappa shape index (κ2) is 8.97. The molecule has 26 heavy (non-hydrogen) atoms. The maximum absolute atomic E-state index is 13.1. The molecule has 2 aromatic rings. The molecule has 1 aliphatic rings. The number of carbonyl (C=O) groups excluding carboxylic acids is 1. The maximum Gasteiger partial charge on any atom is 0.226 e. The number of benzene rings is 2. The van der Waals surface area contributed by atoms with Gasteiger partial charge in [-0.1, -0.05) is 55.3 Å². The Morgan fingerprint density at radius 3 is 2.65 bits per heavy atom. The molecule has 1 fully saturated rings. The van der Waals surface area contributed by atoms with E-state index in [4.69, 9.17) is 13.7 Å². The zero-order chi connectivity index (χ0) is 27.0. The number of piperidine rings is 1. The number of carbonyl (C=O) groups is 1. The van der Waals surface area contributed by atoms with Gasteiger partial charge in [-0.05, 0) is 30.5 Å². The zero-order valence-electron chi connectivity index (χ0n) is 24.3. The van der Waals surface area contributed by atoms with Crippen LogP contribution in [0.5, 0.6) is 0 Å². The van der Waals surface area contributed by atoms with Crippen LogP contribution >= 0.6 is 0 Å².